The maximum atomic E-state index is 10.2. The minimum absolute atomic E-state index is 0.228. The van der Waals surface area contributed by atoms with Gasteiger partial charge in [-0.1, -0.05) is 6.42 Å². The highest BCUT2D eigenvalue weighted by molar-refractivity contribution is 5.61. The van der Waals surface area contributed by atoms with Crippen molar-refractivity contribution in [3.05, 3.63) is 20.2 Å². The van der Waals surface area contributed by atoms with Gasteiger partial charge in [0.25, 0.3) is 5.16 Å². The van der Waals surface area contributed by atoms with E-state index in [0.717, 1.165) is 32.1 Å². The molecule has 0 unspecified atom stereocenters. The van der Waals surface area contributed by atoms with Gasteiger partial charge in [0, 0.05) is 0 Å². The molecule has 8 nitrogen and oxygen atoms in total. The van der Waals surface area contributed by atoms with Crippen molar-refractivity contribution in [1.82, 2.24) is 0 Å². The van der Waals surface area contributed by atoms with E-state index in [4.69, 9.17) is 4.84 Å². The summed E-state index contributed by atoms with van der Waals surface area (Å²) in [7, 11) is 0. The summed E-state index contributed by atoms with van der Waals surface area (Å²) in [5.41, 5.74) is 0. The van der Waals surface area contributed by atoms with Gasteiger partial charge in [-0.15, -0.1) is 0 Å². The van der Waals surface area contributed by atoms with Crippen molar-refractivity contribution >= 4 is 5.96 Å². The van der Waals surface area contributed by atoms with Crippen LogP contribution in [-0.4, -0.2) is 21.9 Å². The monoisotopic (exact) mass is 217 g/mol. The first-order valence-corrected chi connectivity index (χ1v) is 4.64. The molecule has 0 amide bonds. The van der Waals surface area contributed by atoms with Crippen molar-refractivity contribution < 1.29 is 14.7 Å². The van der Waals surface area contributed by atoms with Gasteiger partial charge in [-0.3, -0.25) is 4.84 Å². The summed E-state index contributed by atoms with van der Waals surface area (Å²) in [6, 6.07) is 0. The van der Waals surface area contributed by atoms with Crippen LogP contribution in [0.25, 0.3) is 0 Å². The topological polar surface area (TPSA) is 108 Å². The van der Waals surface area contributed by atoms with Crippen molar-refractivity contribution in [3.8, 4) is 0 Å². The van der Waals surface area contributed by atoms with Crippen molar-refractivity contribution in [3.63, 3.8) is 0 Å². The highest BCUT2D eigenvalue weighted by Gasteiger charge is 2.31. The first kappa shape index (κ1) is 11.3. The van der Waals surface area contributed by atoms with Gasteiger partial charge in [0.2, 0.25) is 0 Å². The van der Waals surface area contributed by atoms with Crippen LogP contribution >= 0.6 is 0 Å². The third kappa shape index (κ3) is 3.49. The summed E-state index contributed by atoms with van der Waals surface area (Å²) in [5, 5.41) is 23.3. The lowest BCUT2D eigenvalue weighted by Gasteiger charge is -2.14. The zero-order chi connectivity index (χ0) is 11.3. The Morgan fingerprint density at radius 2 is 1.67 bits per heavy atom. The number of oxime groups is 1. The molecule has 0 bridgehead atoms. The molecule has 0 aromatic heterocycles. The number of nitrogens with zero attached hydrogens (tertiary/aromatic N) is 3. The molecule has 0 aliphatic heterocycles. The van der Waals surface area contributed by atoms with E-state index in [1.54, 1.807) is 0 Å². The van der Waals surface area contributed by atoms with Crippen LogP contribution in [0.3, 0.4) is 0 Å². The number of guanidine groups is 1. The first-order valence-electron chi connectivity index (χ1n) is 4.64. The number of rotatable bonds is 2. The van der Waals surface area contributed by atoms with Gasteiger partial charge in [-0.05, 0) is 25.7 Å². The SMILES string of the molecule is O=[N+]([O-])C(=NOC1CCCCC1)[N+](=O)[O-]. The first-order chi connectivity index (χ1) is 7.11. The quantitative estimate of drug-likeness (QED) is 0.298. The third-order valence-corrected chi connectivity index (χ3v) is 2.16. The molecule has 0 saturated heterocycles. The van der Waals surface area contributed by atoms with E-state index >= 15 is 0 Å². The van der Waals surface area contributed by atoms with Crippen LogP contribution in [0.1, 0.15) is 32.1 Å². The minimum atomic E-state index is -1.36. The summed E-state index contributed by atoms with van der Waals surface area (Å²) in [6.07, 6.45) is 4.28. The van der Waals surface area contributed by atoms with Gasteiger partial charge >= 0.3 is 5.96 Å². The van der Waals surface area contributed by atoms with Crippen LogP contribution in [-0.2, 0) is 4.84 Å². The van der Waals surface area contributed by atoms with Crippen molar-refractivity contribution in [1.29, 1.82) is 0 Å². The Bertz CT molecular complexity index is 268. The highest BCUT2D eigenvalue weighted by atomic mass is 16.7. The van der Waals surface area contributed by atoms with Crippen LogP contribution in [0.4, 0.5) is 0 Å². The van der Waals surface area contributed by atoms with Gasteiger partial charge in [-0.25, -0.2) is 0 Å². The normalized spacial score (nSPS) is 16.8. The van der Waals surface area contributed by atoms with Gasteiger partial charge in [0.05, 0.1) is 9.85 Å². The Labute approximate surface area is 85.2 Å². The maximum absolute atomic E-state index is 10.2. The average molecular weight is 217 g/mol. The van der Waals surface area contributed by atoms with E-state index in [9.17, 15) is 20.2 Å². The van der Waals surface area contributed by atoms with Crippen molar-refractivity contribution in [2.75, 3.05) is 0 Å². The van der Waals surface area contributed by atoms with E-state index < -0.39 is 15.8 Å². The molecule has 0 aromatic carbocycles. The largest absolute Gasteiger partial charge is 0.718 e. The molecule has 1 aliphatic carbocycles. The van der Waals surface area contributed by atoms with Gasteiger partial charge < -0.3 is 20.2 Å². The lowest BCUT2D eigenvalue weighted by molar-refractivity contribution is -0.505. The standard InChI is InChI=1S/C7H11N3O5/c11-9(12)7(10(13)14)8-15-6-4-2-1-3-5-6/h6H,1-5H2. The molecule has 1 rings (SSSR count). The molecule has 15 heavy (non-hydrogen) atoms. The predicted molar refractivity (Wildman–Crippen MR) is 49.4 cm³/mol. The van der Waals surface area contributed by atoms with Crippen molar-refractivity contribution in [2.24, 2.45) is 5.16 Å². The molecule has 0 heterocycles. The van der Waals surface area contributed by atoms with Crippen molar-refractivity contribution in [2.45, 2.75) is 38.2 Å². The smallest absolute Gasteiger partial charge is 0.320 e. The molecule has 0 radical (unpaired) electrons. The molecule has 1 aliphatic rings. The van der Waals surface area contributed by atoms with E-state index in [1.165, 1.54) is 0 Å². The molecule has 1 saturated carbocycles. The van der Waals surface area contributed by atoms with Crippen LogP contribution in [0, 0.1) is 20.2 Å². The highest BCUT2D eigenvalue weighted by Crippen LogP contribution is 2.20. The summed E-state index contributed by atoms with van der Waals surface area (Å²) in [4.78, 5) is 22.8. The molecule has 0 N–H and O–H groups in total. The molecule has 0 aromatic rings. The van der Waals surface area contributed by atoms with E-state index in [1.807, 2.05) is 0 Å². The summed E-state index contributed by atoms with van der Waals surface area (Å²) >= 11 is 0. The molecule has 84 valence electrons. The fraction of sp³-hybridized carbons (Fsp3) is 0.857. The predicted octanol–water partition coefficient (Wildman–Crippen LogP) is 1.16. The Hall–Kier alpha value is -1.73. The Kier molecular flexibility index (Phi) is 3.95. The van der Waals surface area contributed by atoms with E-state index in [0.29, 0.717) is 0 Å². The minimum Gasteiger partial charge on any atom is -0.320 e. The number of hydrogen-bond acceptors (Lipinski definition) is 6. The molecule has 1 fully saturated rings. The fourth-order valence-electron chi connectivity index (χ4n) is 1.43. The molecule has 0 spiro atoms. The molecule has 8 heteroatoms. The molecular weight excluding hydrogens is 206 g/mol. The van der Waals surface area contributed by atoms with E-state index in [2.05, 4.69) is 5.16 Å². The summed E-state index contributed by atoms with van der Waals surface area (Å²) in [5.74, 6) is -1.36. The summed E-state index contributed by atoms with van der Waals surface area (Å²) < 4.78 is 0. The number of nitro groups is 2. The van der Waals surface area contributed by atoms with E-state index in [-0.39, 0.29) is 6.10 Å². The Balaban J connectivity index is 2.52. The van der Waals surface area contributed by atoms with Gasteiger partial charge in [-0.2, -0.15) is 0 Å². The van der Waals surface area contributed by atoms with Crippen LogP contribution in [0.5, 0.6) is 0 Å². The second kappa shape index (κ2) is 5.23. The van der Waals surface area contributed by atoms with Gasteiger partial charge in [0.1, 0.15) is 0 Å². The third-order valence-electron chi connectivity index (χ3n) is 2.16. The Morgan fingerprint density at radius 3 is 2.13 bits per heavy atom. The fourth-order valence-corrected chi connectivity index (χ4v) is 1.43. The van der Waals surface area contributed by atoms with Gasteiger partial charge in [0.15, 0.2) is 6.10 Å². The average Bonchev–Trinajstić information content (AvgIpc) is 2.18. The lowest BCUT2D eigenvalue weighted by Crippen LogP contribution is -2.24. The number of hydrogen-bond donors (Lipinski definition) is 0. The van der Waals surface area contributed by atoms with Crippen LogP contribution in [0.15, 0.2) is 5.16 Å². The Morgan fingerprint density at radius 1 is 1.13 bits per heavy atom. The maximum Gasteiger partial charge on any atom is 0.718 e. The summed E-state index contributed by atoms with van der Waals surface area (Å²) in [6.45, 7) is 0. The van der Waals surface area contributed by atoms with Crippen LogP contribution < -0.4 is 0 Å². The lowest BCUT2D eigenvalue weighted by atomic mass is 9.98. The zero-order valence-corrected chi connectivity index (χ0v) is 8.00. The second-order valence-corrected chi connectivity index (χ2v) is 3.27. The van der Waals surface area contributed by atoms with Crippen LogP contribution in [0.2, 0.25) is 0 Å². The zero-order valence-electron chi connectivity index (χ0n) is 8.00. The molecular formula is C7H11N3O5. The second-order valence-electron chi connectivity index (χ2n) is 3.27. The molecule has 0 atom stereocenters.